The van der Waals surface area contributed by atoms with Gasteiger partial charge in [-0.3, -0.25) is 4.79 Å². The molecule has 0 amide bonds. The second kappa shape index (κ2) is 3.68. The average molecular weight is 266 g/mol. The van der Waals surface area contributed by atoms with Crippen LogP contribution in [0.4, 0.5) is 5.13 Å². The van der Waals surface area contributed by atoms with Gasteiger partial charge in [0.15, 0.2) is 0 Å². The molecule has 3 heterocycles. The third-order valence-electron chi connectivity index (χ3n) is 3.41. The molecule has 0 saturated carbocycles. The zero-order valence-electron chi connectivity index (χ0n) is 10.3. The zero-order chi connectivity index (χ0) is 12.9. The van der Waals surface area contributed by atoms with Gasteiger partial charge in [-0.1, -0.05) is 11.3 Å². The minimum Gasteiger partial charge on any atom is -0.481 e. The molecule has 1 N–H and O–H groups in total. The van der Waals surface area contributed by atoms with Crippen molar-refractivity contribution in [2.75, 3.05) is 18.0 Å². The van der Waals surface area contributed by atoms with Crippen molar-refractivity contribution in [1.29, 1.82) is 0 Å². The summed E-state index contributed by atoms with van der Waals surface area (Å²) in [5.74, 6) is -0.734. The van der Waals surface area contributed by atoms with Crippen LogP contribution in [0.15, 0.2) is 6.20 Å². The minimum atomic E-state index is -0.734. The molecule has 6 nitrogen and oxygen atoms in total. The van der Waals surface area contributed by atoms with E-state index in [-0.39, 0.29) is 0 Å². The Morgan fingerprint density at radius 2 is 2.39 bits per heavy atom. The van der Waals surface area contributed by atoms with Gasteiger partial charge in [-0.2, -0.15) is 0 Å². The highest BCUT2D eigenvalue weighted by molar-refractivity contribution is 7.20. The van der Waals surface area contributed by atoms with Crippen molar-refractivity contribution < 1.29 is 9.90 Å². The van der Waals surface area contributed by atoms with E-state index >= 15 is 0 Å². The lowest BCUT2D eigenvalue weighted by Gasteiger charge is -2.18. The number of anilines is 1. The van der Waals surface area contributed by atoms with Crippen LogP contribution in [0.5, 0.6) is 0 Å². The first kappa shape index (κ1) is 11.5. The number of nitrogens with zero attached hydrogens (tertiary/aromatic N) is 4. The lowest BCUT2D eigenvalue weighted by Crippen LogP contribution is -2.31. The maximum atomic E-state index is 11.2. The second-order valence-electron chi connectivity index (χ2n) is 5.03. The summed E-state index contributed by atoms with van der Waals surface area (Å²) < 4.78 is 1.76. The number of rotatable bonds is 2. The fourth-order valence-electron chi connectivity index (χ4n) is 2.23. The first-order valence-corrected chi connectivity index (χ1v) is 6.61. The van der Waals surface area contributed by atoms with E-state index in [1.165, 1.54) is 11.3 Å². The van der Waals surface area contributed by atoms with E-state index in [1.54, 1.807) is 11.4 Å². The van der Waals surface area contributed by atoms with E-state index in [9.17, 15) is 9.90 Å². The Morgan fingerprint density at radius 3 is 3.00 bits per heavy atom. The van der Waals surface area contributed by atoms with Gasteiger partial charge in [-0.25, -0.2) is 9.50 Å². The number of carboxylic acid groups (broad SMARTS) is 1. The molecule has 18 heavy (non-hydrogen) atoms. The highest BCUT2D eigenvalue weighted by atomic mass is 32.1. The molecule has 0 radical (unpaired) electrons. The molecular weight excluding hydrogens is 252 g/mol. The average Bonchev–Trinajstić information content (AvgIpc) is 2.90. The van der Waals surface area contributed by atoms with Crippen LogP contribution in [0.2, 0.25) is 0 Å². The van der Waals surface area contributed by atoms with Crippen LogP contribution in [0.3, 0.4) is 0 Å². The predicted octanol–water partition coefficient (Wildman–Crippen LogP) is 1.40. The highest BCUT2D eigenvalue weighted by Gasteiger charge is 2.41. The lowest BCUT2D eigenvalue weighted by molar-refractivity contribution is -0.146. The Kier molecular flexibility index (Phi) is 2.34. The SMILES string of the molecule is Cc1cn2nc(N3CCC(C)(C(=O)O)C3)sc2n1. The van der Waals surface area contributed by atoms with Gasteiger partial charge in [0.1, 0.15) is 0 Å². The number of fused-ring (bicyclic) bond motifs is 1. The molecule has 0 aliphatic carbocycles. The van der Waals surface area contributed by atoms with E-state index in [1.807, 2.05) is 18.0 Å². The maximum absolute atomic E-state index is 11.2. The fraction of sp³-hybridized carbons (Fsp3) is 0.545. The van der Waals surface area contributed by atoms with E-state index in [0.717, 1.165) is 22.3 Å². The van der Waals surface area contributed by atoms with Crippen molar-refractivity contribution >= 4 is 27.4 Å². The van der Waals surface area contributed by atoms with Crippen LogP contribution in [-0.4, -0.2) is 38.8 Å². The van der Waals surface area contributed by atoms with Crippen LogP contribution >= 0.6 is 11.3 Å². The van der Waals surface area contributed by atoms with Gasteiger partial charge in [0.2, 0.25) is 10.1 Å². The summed E-state index contributed by atoms with van der Waals surface area (Å²) in [5.41, 5.74) is 0.279. The molecule has 1 aliphatic rings. The quantitative estimate of drug-likeness (QED) is 0.889. The molecule has 2 aromatic rings. The Hall–Kier alpha value is -1.63. The highest BCUT2D eigenvalue weighted by Crippen LogP contribution is 2.35. The Bertz CT molecular complexity index is 588. The molecule has 1 unspecified atom stereocenters. The van der Waals surface area contributed by atoms with Crippen LogP contribution in [0, 0.1) is 12.3 Å². The summed E-state index contributed by atoms with van der Waals surface area (Å²) in [6.07, 6.45) is 2.53. The molecule has 7 heteroatoms. The van der Waals surface area contributed by atoms with E-state index in [0.29, 0.717) is 13.0 Å². The number of carboxylic acids is 1. The molecule has 1 aliphatic heterocycles. The van der Waals surface area contributed by atoms with E-state index in [4.69, 9.17) is 0 Å². The number of imidazole rings is 1. The molecule has 1 saturated heterocycles. The maximum Gasteiger partial charge on any atom is 0.311 e. The van der Waals surface area contributed by atoms with E-state index < -0.39 is 11.4 Å². The summed E-state index contributed by atoms with van der Waals surface area (Å²) in [4.78, 5) is 18.4. The third-order valence-corrected chi connectivity index (χ3v) is 4.40. The standard InChI is InChI=1S/C11H14N4O2S/c1-7-5-15-9(12-7)18-10(13-15)14-4-3-11(2,6-14)8(16)17/h5H,3-4,6H2,1-2H3,(H,16,17). The summed E-state index contributed by atoms with van der Waals surface area (Å²) in [7, 11) is 0. The topological polar surface area (TPSA) is 70.7 Å². The van der Waals surface area contributed by atoms with Crippen molar-refractivity contribution in [2.45, 2.75) is 20.3 Å². The number of aryl methyl sites for hydroxylation is 1. The van der Waals surface area contributed by atoms with Crippen molar-refractivity contribution in [2.24, 2.45) is 5.41 Å². The second-order valence-corrected chi connectivity index (χ2v) is 5.97. The zero-order valence-corrected chi connectivity index (χ0v) is 11.1. The molecule has 0 spiro atoms. The summed E-state index contributed by atoms with van der Waals surface area (Å²) in [6.45, 7) is 4.97. The largest absolute Gasteiger partial charge is 0.481 e. The van der Waals surface area contributed by atoms with Crippen LogP contribution in [0.1, 0.15) is 19.0 Å². The summed E-state index contributed by atoms with van der Waals surface area (Å²) in [6, 6.07) is 0. The number of aliphatic carboxylic acids is 1. The molecule has 1 fully saturated rings. The Balaban J connectivity index is 1.88. The molecule has 0 aromatic carbocycles. The van der Waals surface area contributed by atoms with Gasteiger partial charge in [0.25, 0.3) is 0 Å². The van der Waals surface area contributed by atoms with Gasteiger partial charge < -0.3 is 10.0 Å². The molecule has 2 aromatic heterocycles. The first-order chi connectivity index (χ1) is 8.48. The monoisotopic (exact) mass is 266 g/mol. The molecule has 3 rings (SSSR count). The van der Waals surface area contributed by atoms with Crippen molar-refractivity contribution in [3.05, 3.63) is 11.9 Å². The third kappa shape index (κ3) is 1.66. The van der Waals surface area contributed by atoms with Crippen molar-refractivity contribution in [1.82, 2.24) is 14.6 Å². The van der Waals surface area contributed by atoms with Crippen molar-refractivity contribution in [3.63, 3.8) is 0 Å². The van der Waals surface area contributed by atoms with Gasteiger partial charge in [-0.05, 0) is 20.3 Å². The summed E-state index contributed by atoms with van der Waals surface area (Å²) in [5, 5.41) is 14.5. The fourth-order valence-corrected chi connectivity index (χ4v) is 3.18. The normalized spacial score (nSPS) is 24.0. The lowest BCUT2D eigenvalue weighted by atomic mass is 9.90. The van der Waals surface area contributed by atoms with Gasteiger partial charge in [-0.15, -0.1) is 5.10 Å². The predicted molar refractivity (Wildman–Crippen MR) is 68.2 cm³/mol. The summed E-state index contributed by atoms with van der Waals surface area (Å²) >= 11 is 1.50. The minimum absolute atomic E-state index is 0.512. The van der Waals surface area contributed by atoms with E-state index in [2.05, 4.69) is 10.1 Å². The van der Waals surface area contributed by atoms with Crippen LogP contribution in [-0.2, 0) is 4.79 Å². The van der Waals surface area contributed by atoms with Crippen LogP contribution < -0.4 is 4.90 Å². The molecule has 1 atom stereocenters. The molecule has 0 bridgehead atoms. The number of hydrogen-bond acceptors (Lipinski definition) is 5. The first-order valence-electron chi connectivity index (χ1n) is 5.79. The number of hydrogen-bond donors (Lipinski definition) is 1. The Morgan fingerprint density at radius 1 is 1.61 bits per heavy atom. The Labute approximate surface area is 108 Å². The smallest absolute Gasteiger partial charge is 0.311 e. The van der Waals surface area contributed by atoms with Gasteiger partial charge >= 0.3 is 5.97 Å². The van der Waals surface area contributed by atoms with Gasteiger partial charge in [0, 0.05) is 13.1 Å². The molecule has 96 valence electrons. The van der Waals surface area contributed by atoms with Gasteiger partial charge in [0.05, 0.1) is 17.3 Å². The van der Waals surface area contributed by atoms with Crippen LogP contribution in [0.25, 0.3) is 4.96 Å². The number of carbonyl (C=O) groups is 1. The molecular formula is C11H14N4O2S. The number of aromatic nitrogens is 3. The van der Waals surface area contributed by atoms with Crippen molar-refractivity contribution in [3.8, 4) is 0 Å².